The van der Waals surface area contributed by atoms with Crippen LogP contribution in [0.15, 0.2) is 12.2 Å². The number of amides is 1. The minimum absolute atomic E-state index is 0.179. The van der Waals surface area contributed by atoms with Crippen LogP contribution >= 0.6 is 0 Å². The third kappa shape index (κ3) is 3.17. The number of hydrogen-bond acceptors (Lipinski definition) is 1. The molecule has 0 spiro atoms. The molecule has 0 bridgehead atoms. The van der Waals surface area contributed by atoms with Crippen LogP contribution in [0, 0.1) is 5.92 Å². The van der Waals surface area contributed by atoms with E-state index in [1.807, 2.05) is 4.90 Å². The molecule has 0 aliphatic carbocycles. The zero-order chi connectivity index (χ0) is 10.6. The fourth-order valence-electron chi connectivity index (χ4n) is 1.86. The molecule has 0 radical (unpaired) electrons. The lowest BCUT2D eigenvalue weighted by atomic mass is 10.0. The summed E-state index contributed by atoms with van der Waals surface area (Å²) in [4.78, 5) is 13.8. The second kappa shape index (κ2) is 5.18. The minimum atomic E-state index is 0.179. The molecule has 1 amide bonds. The van der Waals surface area contributed by atoms with Gasteiger partial charge in [0, 0.05) is 18.7 Å². The topological polar surface area (TPSA) is 20.3 Å². The maximum Gasteiger partial charge on any atom is 0.249 e. The van der Waals surface area contributed by atoms with Crippen LogP contribution in [0.2, 0.25) is 0 Å². The highest BCUT2D eigenvalue weighted by Crippen LogP contribution is 2.16. The Morgan fingerprint density at radius 1 is 1.36 bits per heavy atom. The SMILES string of the molecule is C=C1CCCCCN(CC(C)C)C1=O. The Morgan fingerprint density at radius 3 is 2.71 bits per heavy atom. The van der Waals surface area contributed by atoms with Crippen LogP contribution in [0.3, 0.4) is 0 Å². The van der Waals surface area contributed by atoms with Gasteiger partial charge in [0.05, 0.1) is 0 Å². The molecule has 0 aromatic heterocycles. The smallest absolute Gasteiger partial charge is 0.249 e. The largest absolute Gasteiger partial charge is 0.339 e. The van der Waals surface area contributed by atoms with Crippen molar-refractivity contribution >= 4 is 5.91 Å². The summed E-state index contributed by atoms with van der Waals surface area (Å²) in [6.45, 7) is 9.94. The second-order valence-electron chi connectivity index (χ2n) is 4.56. The number of nitrogens with zero attached hydrogens (tertiary/aromatic N) is 1. The van der Waals surface area contributed by atoms with Gasteiger partial charge in [-0.05, 0) is 25.2 Å². The van der Waals surface area contributed by atoms with Crippen LogP contribution in [-0.4, -0.2) is 23.9 Å². The molecular weight excluding hydrogens is 174 g/mol. The molecule has 2 heteroatoms. The van der Waals surface area contributed by atoms with E-state index in [4.69, 9.17) is 0 Å². The predicted octanol–water partition coefficient (Wildman–Crippen LogP) is 2.60. The first-order valence-corrected chi connectivity index (χ1v) is 5.58. The van der Waals surface area contributed by atoms with Crippen molar-refractivity contribution in [3.63, 3.8) is 0 Å². The molecular formula is C12H21NO. The Balaban J connectivity index is 2.59. The summed E-state index contributed by atoms with van der Waals surface area (Å²) < 4.78 is 0. The van der Waals surface area contributed by atoms with Gasteiger partial charge in [0.2, 0.25) is 5.91 Å². The van der Waals surface area contributed by atoms with Gasteiger partial charge in [-0.2, -0.15) is 0 Å². The minimum Gasteiger partial charge on any atom is -0.339 e. The molecule has 1 heterocycles. The highest BCUT2D eigenvalue weighted by Gasteiger charge is 2.18. The summed E-state index contributed by atoms with van der Waals surface area (Å²) in [5.74, 6) is 0.726. The van der Waals surface area contributed by atoms with E-state index >= 15 is 0 Å². The molecule has 1 fully saturated rings. The first kappa shape index (κ1) is 11.3. The molecule has 0 N–H and O–H groups in total. The van der Waals surface area contributed by atoms with E-state index < -0.39 is 0 Å². The van der Waals surface area contributed by atoms with Crippen molar-refractivity contribution in [3.05, 3.63) is 12.2 Å². The summed E-state index contributed by atoms with van der Waals surface area (Å²) in [7, 11) is 0. The van der Waals surface area contributed by atoms with Crippen LogP contribution in [0.5, 0.6) is 0 Å². The molecule has 1 aliphatic rings. The van der Waals surface area contributed by atoms with E-state index in [1.165, 1.54) is 6.42 Å². The van der Waals surface area contributed by atoms with Gasteiger partial charge >= 0.3 is 0 Å². The van der Waals surface area contributed by atoms with Gasteiger partial charge in [0.1, 0.15) is 0 Å². The third-order valence-electron chi connectivity index (χ3n) is 2.58. The Bertz CT molecular complexity index is 220. The molecule has 0 aromatic carbocycles. The van der Waals surface area contributed by atoms with Crippen molar-refractivity contribution < 1.29 is 4.79 Å². The molecule has 1 saturated heterocycles. The summed E-state index contributed by atoms with van der Waals surface area (Å²) in [5, 5.41) is 0. The third-order valence-corrected chi connectivity index (χ3v) is 2.58. The lowest BCUT2D eigenvalue weighted by molar-refractivity contribution is -0.128. The van der Waals surface area contributed by atoms with E-state index in [-0.39, 0.29) is 5.91 Å². The van der Waals surface area contributed by atoms with Crippen molar-refractivity contribution in [3.8, 4) is 0 Å². The summed E-state index contributed by atoms with van der Waals surface area (Å²) in [6.07, 6.45) is 4.38. The molecule has 0 saturated carbocycles. The Hall–Kier alpha value is -0.790. The average molecular weight is 195 g/mol. The van der Waals surface area contributed by atoms with Crippen molar-refractivity contribution in [2.75, 3.05) is 13.1 Å². The number of rotatable bonds is 2. The Kier molecular flexibility index (Phi) is 4.18. The second-order valence-corrected chi connectivity index (χ2v) is 4.56. The monoisotopic (exact) mass is 195 g/mol. The van der Waals surface area contributed by atoms with Crippen LogP contribution in [0.4, 0.5) is 0 Å². The standard InChI is InChI=1S/C12H21NO/c1-10(2)9-13-8-6-4-5-7-11(3)12(13)14/h10H,3-9H2,1-2H3. The Morgan fingerprint density at radius 2 is 2.07 bits per heavy atom. The van der Waals surface area contributed by atoms with Crippen molar-refractivity contribution in [1.82, 2.24) is 4.90 Å². The number of carbonyl (C=O) groups excluding carboxylic acids is 1. The number of carbonyl (C=O) groups is 1. The zero-order valence-electron chi connectivity index (χ0n) is 9.38. The van der Waals surface area contributed by atoms with Gasteiger partial charge in [0.25, 0.3) is 0 Å². The molecule has 80 valence electrons. The van der Waals surface area contributed by atoms with E-state index in [2.05, 4.69) is 20.4 Å². The van der Waals surface area contributed by atoms with Gasteiger partial charge in [-0.25, -0.2) is 0 Å². The van der Waals surface area contributed by atoms with Gasteiger partial charge < -0.3 is 4.90 Å². The highest BCUT2D eigenvalue weighted by atomic mass is 16.2. The number of likely N-dealkylation sites (tertiary alicyclic amines) is 1. The van der Waals surface area contributed by atoms with Crippen LogP contribution in [0.1, 0.15) is 39.5 Å². The molecule has 1 rings (SSSR count). The van der Waals surface area contributed by atoms with E-state index in [0.717, 1.165) is 37.9 Å². The lowest BCUT2D eigenvalue weighted by Gasteiger charge is -2.27. The summed E-state index contributed by atoms with van der Waals surface area (Å²) in [6, 6.07) is 0. The molecule has 0 atom stereocenters. The molecule has 0 unspecified atom stereocenters. The number of hydrogen-bond donors (Lipinski definition) is 0. The van der Waals surface area contributed by atoms with E-state index in [1.54, 1.807) is 0 Å². The molecule has 2 nitrogen and oxygen atoms in total. The van der Waals surface area contributed by atoms with Crippen LogP contribution in [-0.2, 0) is 4.79 Å². The molecule has 0 aromatic rings. The fraction of sp³-hybridized carbons (Fsp3) is 0.750. The molecule has 1 aliphatic heterocycles. The first-order chi connectivity index (χ1) is 6.61. The zero-order valence-corrected chi connectivity index (χ0v) is 9.38. The maximum absolute atomic E-state index is 11.9. The summed E-state index contributed by atoms with van der Waals surface area (Å²) >= 11 is 0. The van der Waals surface area contributed by atoms with Crippen LogP contribution < -0.4 is 0 Å². The van der Waals surface area contributed by atoms with E-state index in [9.17, 15) is 4.79 Å². The normalized spacial score (nSPS) is 19.8. The summed E-state index contributed by atoms with van der Waals surface area (Å²) in [5.41, 5.74) is 0.797. The van der Waals surface area contributed by atoms with Crippen LogP contribution in [0.25, 0.3) is 0 Å². The maximum atomic E-state index is 11.9. The predicted molar refractivity (Wildman–Crippen MR) is 59.0 cm³/mol. The lowest BCUT2D eigenvalue weighted by Crippen LogP contribution is -2.36. The first-order valence-electron chi connectivity index (χ1n) is 5.58. The van der Waals surface area contributed by atoms with Gasteiger partial charge in [-0.15, -0.1) is 0 Å². The van der Waals surface area contributed by atoms with Gasteiger partial charge in [0.15, 0.2) is 0 Å². The molecule has 14 heavy (non-hydrogen) atoms. The van der Waals surface area contributed by atoms with E-state index in [0.29, 0.717) is 5.92 Å². The van der Waals surface area contributed by atoms with Gasteiger partial charge in [-0.1, -0.05) is 26.8 Å². The van der Waals surface area contributed by atoms with Crippen molar-refractivity contribution in [2.45, 2.75) is 39.5 Å². The van der Waals surface area contributed by atoms with Crippen molar-refractivity contribution in [2.24, 2.45) is 5.92 Å². The average Bonchev–Trinajstić information content (AvgIpc) is 2.11. The highest BCUT2D eigenvalue weighted by molar-refractivity contribution is 5.92. The van der Waals surface area contributed by atoms with Gasteiger partial charge in [-0.3, -0.25) is 4.79 Å². The quantitative estimate of drug-likeness (QED) is 0.620. The fourth-order valence-corrected chi connectivity index (χ4v) is 1.86. The Labute approximate surface area is 87.0 Å². The van der Waals surface area contributed by atoms with Crippen molar-refractivity contribution in [1.29, 1.82) is 0 Å².